The zero-order valence-corrected chi connectivity index (χ0v) is 13.8. The van der Waals surface area contributed by atoms with E-state index in [0.717, 1.165) is 12.8 Å². The van der Waals surface area contributed by atoms with E-state index in [1.807, 2.05) is 20.8 Å². The summed E-state index contributed by atoms with van der Waals surface area (Å²) in [5.74, 6) is -0.571. The highest BCUT2D eigenvalue weighted by molar-refractivity contribution is 7.89. The summed E-state index contributed by atoms with van der Waals surface area (Å²) in [6.07, 6.45) is 2.38. The zero-order chi connectivity index (χ0) is 16.0. The van der Waals surface area contributed by atoms with E-state index < -0.39 is 15.8 Å². The van der Waals surface area contributed by atoms with Crippen LogP contribution in [0.15, 0.2) is 23.1 Å². The molecule has 0 bridgehead atoms. The Bertz CT molecular complexity index is 561. The molecule has 0 saturated carbocycles. The SMILES string of the molecule is CCCCN(C(C)CC)S(=O)(=O)c1cccc(F)c1CN. The first-order valence-electron chi connectivity index (χ1n) is 7.39. The van der Waals surface area contributed by atoms with Crippen molar-refractivity contribution in [3.63, 3.8) is 0 Å². The highest BCUT2D eigenvalue weighted by atomic mass is 32.2. The van der Waals surface area contributed by atoms with Gasteiger partial charge >= 0.3 is 0 Å². The maximum Gasteiger partial charge on any atom is 0.243 e. The van der Waals surface area contributed by atoms with Crippen LogP contribution in [0.25, 0.3) is 0 Å². The molecule has 0 fully saturated rings. The van der Waals surface area contributed by atoms with Gasteiger partial charge in [0.1, 0.15) is 5.82 Å². The molecule has 0 aliphatic heterocycles. The highest BCUT2D eigenvalue weighted by Crippen LogP contribution is 2.25. The molecule has 120 valence electrons. The first-order valence-corrected chi connectivity index (χ1v) is 8.83. The van der Waals surface area contributed by atoms with Gasteiger partial charge < -0.3 is 5.73 Å². The third kappa shape index (κ3) is 4.02. The number of halogens is 1. The molecule has 4 nitrogen and oxygen atoms in total. The Labute approximate surface area is 127 Å². The van der Waals surface area contributed by atoms with Crippen molar-refractivity contribution in [1.29, 1.82) is 0 Å². The predicted octanol–water partition coefficient (Wildman–Crippen LogP) is 2.87. The van der Waals surface area contributed by atoms with E-state index in [9.17, 15) is 12.8 Å². The maximum absolute atomic E-state index is 13.8. The fourth-order valence-electron chi connectivity index (χ4n) is 2.20. The lowest BCUT2D eigenvalue weighted by molar-refractivity contribution is 0.323. The number of nitrogens with zero attached hydrogens (tertiary/aromatic N) is 1. The van der Waals surface area contributed by atoms with E-state index in [-0.39, 0.29) is 23.0 Å². The molecule has 1 aromatic rings. The molecular formula is C15H25FN2O2S. The minimum Gasteiger partial charge on any atom is -0.326 e. The van der Waals surface area contributed by atoms with Gasteiger partial charge in [-0.2, -0.15) is 4.31 Å². The smallest absolute Gasteiger partial charge is 0.243 e. The molecule has 1 rings (SSSR count). The Morgan fingerprint density at radius 3 is 2.52 bits per heavy atom. The van der Waals surface area contributed by atoms with Gasteiger partial charge in [0.05, 0.1) is 4.90 Å². The lowest BCUT2D eigenvalue weighted by Gasteiger charge is -2.28. The van der Waals surface area contributed by atoms with Gasteiger partial charge in [-0.25, -0.2) is 12.8 Å². The topological polar surface area (TPSA) is 63.4 Å². The first kappa shape index (κ1) is 18.1. The molecule has 2 N–H and O–H groups in total. The average molecular weight is 316 g/mol. The van der Waals surface area contributed by atoms with E-state index in [1.165, 1.54) is 22.5 Å². The fourth-order valence-corrected chi connectivity index (χ4v) is 4.19. The van der Waals surface area contributed by atoms with E-state index in [4.69, 9.17) is 5.73 Å². The Morgan fingerprint density at radius 2 is 2.00 bits per heavy atom. The van der Waals surface area contributed by atoms with Gasteiger partial charge in [0.15, 0.2) is 0 Å². The van der Waals surface area contributed by atoms with Crippen molar-refractivity contribution in [2.24, 2.45) is 5.73 Å². The number of nitrogens with two attached hydrogens (primary N) is 1. The van der Waals surface area contributed by atoms with Crippen molar-refractivity contribution in [3.05, 3.63) is 29.6 Å². The number of benzene rings is 1. The summed E-state index contributed by atoms with van der Waals surface area (Å²) in [4.78, 5) is -0.0126. The number of unbranched alkanes of at least 4 members (excludes halogenated alkanes) is 1. The summed E-state index contributed by atoms with van der Waals surface area (Å²) in [5.41, 5.74) is 5.59. The molecule has 1 unspecified atom stereocenters. The number of rotatable bonds is 8. The monoisotopic (exact) mass is 316 g/mol. The molecule has 21 heavy (non-hydrogen) atoms. The summed E-state index contributed by atoms with van der Waals surface area (Å²) >= 11 is 0. The zero-order valence-electron chi connectivity index (χ0n) is 13.0. The van der Waals surface area contributed by atoms with E-state index in [2.05, 4.69) is 0 Å². The van der Waals surface area contributed by atoms with Crippen LogP contribution >= 0.6 is 0 Å². The largest absolute Gasteiger partial charge is 0.326 e. The van der Waals surface area contributed by atoms with E-state index in [0.29, 0.717) is 13.0 Å². The molecule has 1 aromatic carbocycles. The molecule has 0 aliphatic carbocycles. The normalized spacial score (nSPS) is 13.6. The summed E-state index contributed by atoms with van der Waals surface area (Å²) in [6, 6.07) is 3.95. The van der Waals surface area contributed by atoms with Crippen molar-refractivity contribution in [2.75, 3.05) is 6.54 Å². The third-order valence-electron chi connectivity index (χ3n) is 3.68. The molecule has 0 aromatic heterocycles. The second kappa shape index (κ2) is 7.87. The average Bonchev–Trinajstić information content (AvgIpc) is 2.46. The van der Waals surface area contributed by atoms with Crippen molar-refractivity contribution >= 4 is 10.0 Å². The number of hydrogen-bond donors (Lipinski definition) is 1. The molecule has 1 atom stereocenters. The van der Waals surface area contributed by atoms with Crippen LogP contribution in [0.1, 0.15) is 45.6 Å². The van der Waals surface area contributed by atoms with Gasteiger partial charge in [-0.3, -0.25) is 0 Å². The van der Waals surface area contributed by atoms with Crippen molar-refractivity contribution < 1.29 is 12.8 Å². The fraction of sp³-hybridized carbons (Fsp3) is 0.600. The third-order valence-corrected chi connectivity index (χ3v) is 5.78. The number of hydrogen-bond acceptors (Lipinski definition) is 3. The lowest BCUT2D eigenvalue weighted by atomic mass is 10.2. The minimum atomic E-state index is -3.74. The van der Waals surface area contributed by atoms with Crippen LogP contribution < -0.4 is 5.73 Å². The summed E-state index contributed by atoms with van der Waals surface area (Å²) < 4.78 is 41.0. The Balaban J connectivity index is 3.32. The molecule has 0 spiro atoms. The van der Waals surface area contributed by atoms with Crippen LogP contribution in [0, 0.1) is 5.82 Å². The van der Waals surface area contributed by atoms with Crippen LogP contribution in [-0.2, 0) is 16.6 Å². The highest BCUT2D eigenvalue weighted by Gasteiger charge is 2.30. The molecule has 0 aliphatic rings. The van der Waals surface area contributed by atoms with Crippen molar-refractivity contribution in [1.82, 2.24) is 4.31 Å². The molecule has 0 heterocycles. The quantitative estimate of drug-likeness (QED) is 0.802. The van der Waals surface area contributed by atoms with Crippen molar-refractivity contribution in [3.8, 4) is 0 Å². The Kier molecular flexibility index (Phi) is 6.77. The van der Waals surface area contributed by atoms with Crippen molar-refractivity contribution in [2.45, 2.75) is 57.5 Å². The number of sulfonamides is 1. The summed E-state index contributed by atoms with van der Waals surface area (Å²) in [6.45, 7) is 6.12. The van der Waals surface area contributed by atoms with Crippen LogP contribution in [0.5, 0.6) is 0 Å². The standard InChI is InChI=1S/C15H25FN2O2S/c1-4-6-10-18(12(3)5-2)21(19,20)15-9-7-8-14(16)13(15)11-17/h7-9,12H,4-6,10-11,17H2,1-3H3. The van der Waals surface area contributed by atoms with Gasteiger partial charge in [-0.1, -0.05) is 26.3 Å². The van der Waals surface area contributed by atoms with Crippen LogP contribution in [0.3, 0.4) is 0 Å². The summed E-state index contributed by atoms with van der Waals surface area (Å²) in [5, 5.41) is 0. The predicted molar refractivity (Wildman–Crippen MR) is 82.8 cm³/mol. The minimum absolute atomic E-state index is 0.0126. The van der Waals surface area contributed by atoms with Crippen LogP contribution in [0.4, 0.5) is 4.39 Å². The molecule has 0 amide bonds. The van der Waals surface area contributed by atoms with Gasteiger partial charge in [0, 0.05) is 24.7 Å². The Hall–Kier alpha value is -0.980. The first-order chi connectivity index (χ1) is 9.89. The molecule has 6 heteroatoms. The van der Waals surface area contributed by atoms with E-state index >= 15 is 0 Å². The second-order valence-electron chi connectivity index (χ2n) is 5.15. The molecule has 0 saturated heterocycles. The van der Waals surface area contributed by atoms with Gasteiger partial charge in [0.2, 0.25) is 10.0 Å². The van der Waals surface area contributed by atoms with Gasteiger partial charge in [-0.05, 0) is 31.9 Å². The summed E-state index contributed by atoms with van der Waals surface area (Å²) in [7, 11) is -3.74. The van der Waals surface area contributed by atoms with Gasteiger partial charge in [0.25, 0.3) is 0 Å². The van der Waals surface area contributed by atoms with E-state index in [1.54, 1.807) is 0 Å². The Morgan fingerprint density at radius 1 is 1.33 bits per heavy atom. The van der Waals surface area contributed by atoms with Gasteiger partial charge in [-0.15, -0.1) is 0 Å². The molecular weight excluding hydrogens is 291 g/mol. The molecule has 0 radical (unpaired) electrons. The second-order valence-corrected chi connectivity index (χ2v) is 7.01. The lowest BCUT2D eigenvalue weighted by Crippen LogP contribution is -2.39. The maximum atomic E-state index is 13.8. The van der Waals surface area contributed by atoms with Crippen LogP contribution in [0.2, 0.25) is 0 Å². The van der Waals surface area contributed by atoms with Crippen LogP contribution in [-0.4, -0.2) is 25.3 Å².